The lowest BCUT2D eigenvalue weighted by Gasteiger charge is -2.04. The molecule has 21 heavy (non-hydrogen) atoms. The highest BCUT2D eigenvalue weighted by molar-refractivity contribution is 7.92. The van der Waals surface area contributed by atoms with Gasteiger partial charge in [0.2, 0.25) is 0 Å². The van der Waals surface area contributed by atoms with Crippen molar-refractivity contribution in [1.29, 1.82) is 0 Å². The van der Waals surface area contributed by atoms with Crippen LogP contribution in [0.15, 0.2) is 45.5 Å². The zero-order chi connectivity index (χ0) is 15.7. The maximum absolute atomic E-state index is 12.3. The summed E-state index contributed by atoms with van der Waals surface area (Å²) in [6.45, 7) is 0.309. The van der Waals surface area contributed by atoms with Crippen molar-refractivity contribution >= 4 is 31.0 Å². The van der Waals surface area contributed by atoms with Gasteiger partial charge in [-0.15, -0.1) is 11.3 Å². The molecule has 2 aromatic rings. The number of nitrogens with two attached hydrogens (primary N) is 1. The number of rotatable bonds is 5. The third-order valence-electron chi connectivity index (χ3n) is 2.85. The molecule has 8 heteroatoms. The van der Waals surface area contributed by atoms with E-state index in [0.29, 0.717) is 12.1 Å². The van der Waals surface area contributed by atoms with E-state index in [2.05, 4.69) is 0 Å². The van der Waals surface area contributed by atoms with Crippen molar-refractivity contribution in [3.05, 3.63) is 46.8 Å². The van der Waals surface area contributed by atoms with Gasteiger partial charge in [-0.2, -0.15) is 0 Å². The second kappa shape index (κ2) is 5.88. The molecule has 0 bridgehead atoms. The Hall–Kier alpha value is -1.22. The molecule has 0 radical (unpaired) electrons. The topological polar surface area (TPSA) is 94.3 Å². The number of thiophene rings is 1. The van der Waals surface area contributed by atoms with Gasteiger partial charge in [-0.25, -0.2) is 16.8 Å². The van der Waals surface area contributed by atoms with Crippen LogP contribution in [0.2, 0.25) is 0 Å². The van der Waals surface area contributed by atoms with E-state index in [0.717, 1.165) is 22.5 Å². The number of hydrogen-bond acceptors (Lipinski definition) is 6. The first-order valence-electron chi connectivity index (χ1n) is 6.03. The van der Waals surface area contributed by atoms with Crippen LogP contribution in [-0.4, -0.2) is 23.1 Å². The van der Waals surface area contributed by atoms with Gasteiger partial charge in [0.15, 0.2) is 19.7 Å². The van der Waals surface area contributed by atoms with E-state index in [1.807, 2.05) is 0 Å². The van der Waals surface area contributed by atoms with Crippen molar-refractivity contribution in [1.82, 2.24) is 0 Å². The van der Waals surface area contributed by atoms with Gasteiger partial charge in [-0.1, -0.05) is 12.1 Å². The molecule has 5 nitrogen and oxygen atoms in total. The third-order valence-corrected chi connectivity index (χ3v) is 7.36. The SMILES string of the molecule is CS(=O)(=O)c1ccc(CS(=O)(=O)c2ccc(CN)s2)cc1. The second-order valence-corrected chi connectivity index (χ2v) is 10.0. The fourth-order valence-electron chi connectivity index (χ4n) is 1.76. The van der Waals surface area contributed by atoms with Gasteiger partial charge in [0.05, 0.1) is 10.6 Å². The third kappa shape index (κ3) is 3.91. The molecule has 1 heterocycles. The molecule has 0 atom stereocenters. The van der Waals surface area contributed by atoms with Gasteiger partial charge in [-0.3, -0.25) is 0 Å². The lowest BCUT2D eigenvalue weighted by molar-refractivity contribution is 0.597. The smallest absolute Gasteiger partial charge is 0.191 e. The van der Waals surface area contributed by atoms with Crippen LogP contribution < -0.4 is 5.73 Å². The molecule has 1 aromatic carbocycles. The zero-order valence-corrected chi connectivity index (χ0v) is 13.8. The predicted molar refractivity (Wildman–Crippen MR) is 82.7 cm³/mol. The van der Waals surface area contributed by atoms with Crippen molar-refractivity contribution in [2.75, 3.05) is 6.26 Å². The summed E-state index contributed by atoms with van der Waals surface area (Å²) in [4.78, 5) is 0.978. The van der Waals surface area contributed by atoms with Crippen molar-refractivity contribution in [2.45, 2.75) is 21.4 Å². The summed E-state index contributed by atoms with van der Waals surface area (Å²) in [5.41, 5.74) is 6.02. The molecule has 0 unspecified atom stereocenters. The van der Waals surface area contributed by atoms with Crippen molar-refractivity contribution in [3.63, 3.8) is 0 Å². The second-order valence-electron chi connectivity index (χ2n) is 4.60. The molecule has 0 saturated carbocycles. The molecule has 0 saturated heterocycles. The molecule has 0 aliphatic carbocycles. The average molecular weight is 345 g/mol. The van der Waals surface area contributed by atoms with Gasteiger partial charge >= 0.3 is 0 Å². The summed E-state index contributed by atoms with van der Waals surface area (Å²) in [5.74, 6) is -0.165. The molecular formula is C13H15NO4S3. The summed E-state index contributed by atoms with van der Waals surface area (Å²) in [7, 11) is -6.71. The van der Waals surface area contributed by atoms with Crippen molar-refractivity contribution in [2.24, 2.45) is 5.73 Å². The van der Waals surface area contributed by atoms with Crippen LogP contribution >= 0.6 is 11.3 Å². The van der Waals surface area contributed by atoms with Crippen LogP contribution in [0.4, 0.5) is 0 Å². The molecule has 0 aliphatic rings. The summed E-state index contributed by atoms with van der Waals surface area (Å²) in [6.07, 6.45) is 1.11. The molecule has 0 amide bonds. The Balaban J connectivity index is 2.24. The average Bonchev–Trinajstić information content (AvgIpc) is 2.87. The largest absolute Gasteiger partial charge is 0.326 e. The van der Waals surface area contributed by atoms with Gasteiger partial charge in [0.1, 0.15) is 4.21 Å². The van der Waals surface area contributed by atoms with Crippen LogP contribution in [0, 0.1) is 0 Å². The molecule has 1 aromatic heterocycles. The van der Waals surface area contributed by atoms with Crippen LogP contribution in [0.3, 0.4) is 0 Å². The maximum atomic E-state index is 12.3. The minimum absolute atomic E-state index is 0.165. The van der Waals surface area contributed by atoms with E-state index in [4.69, 9.17) is 5.73 Å². The normalized spacial score (nSPS) is 12.5. The van der Waals surface area contributed by atoms with E-state index >= 15 is 0 Å². The summed E-state index contributed by atoms with van der Waals surface area (Å²) in [6, 6.07) is 9.12. The van der Waals surface area contributed by atoms with Crippen molar-refractivity contribution < 1.29 is 16.8 Å². The van der Waals surface area contributed by atoms with Gasteiger partial charge in [-0.05, 0) is 29.8 Å². The predicted octanol–water partition coefficient (Wildman–Crippen LogP) is 1.58. The minimum atomic E-state index is -3.44. The molecule has 0 spiro atoms. The minimum Gasteiger partial charge on any atom is -0.326 e. The Kier molecular flexibility index (Phi) is 4.52. The number of hydrogen-bond donors (Lipinski definition) is 1. The fourth-order valence-corrected chi connectivity index (χ4v) is 5.06. The maximum Gasteiger partial charge on any atom is 0.191 e. The van der Waals surface area contributed by atoms with E-state index in [9.17, 15) is 16.8 Å². The first kappa shape index (κ1) is 16.2. The Morgan fingerprint density at radius 3 is 2.10 bits per heavy atom. The standard InChI is InChI=1S/C13H15NO4S3/c1-20(15,16)12-5-2-10(3-6-12)9-21(17,18)13-7-4-11(8-14)19-13/h2-7H,8-9,14H2,1H3. The summed E-state index contributed by atoms with van der Waals surface area (Å²) < 4.78 is 47.5. The summed E-state index contributed by atoms with van der Waals surface area (Å²) >= 11 is 1.16. The van der Waals surface area contributed by atoms with E-state index in [1.54, 1.807) is 12.1 Å². The first-order valence-corrected chi connectivity index (χ1v) is 10.4. The fraction of sp³-hybridized carbons (Fsp3) is 0.231. The lowest BCUT2D eigenvalue weighted by Crippen LogP contribution is -2.04. The van der Waals surface area contributed by atoms with Gasteiger partial charge in [0, 0.05) is 17.7 Å². The molecule has 114 valence electrons. The molecule has 2 rings (SSSR count). The Morgan fingerprint density at radius 1 is 1.00 bits per heavy atom. The van der Waals surface area contributed by atoms with Crippen molar-refractivity contribution in [3.8, 4) is 0 Å². The van der Waals surface area contributed by atoms with E-state index < -0.39 is 19.7 Å². The molecule has 2 N–H and O–H groups in total. The van der Waals surface area contributed by atoms with Crippen LogP contribution in [0.1, 0.15) is 10.4 Å². The molecule has 0 fully saturated rings. The number of sulfone groups is 2. The Labute approximate surface area is 128 Å². The molecular weight excluding hydrogens is 330 g/mol. The van der Waals surface area contributed by atoms with Crippen LogP contribution in [-0.2, 0) is 32.0 Å². The van der Waals surface area contributed by atoms with E-state index in [-0.39, 0.29) is 14.9 Å². The first-order chi connectivity index (χ1) is 9.72. The lowest BCUT2D eigenvalue weighted by atomic mass is 10.2. The highest BCUT2D eigenvalue weighted by atomic mass is 32.2. The summed E-state index contributed by atoms with van der Waals surface area (Å²) in [5, 5.41) is 0. The molecule has 0 aliphatic heterocycles. The van der Waals surface area contributed by atoms with Crippen LogP contribution in [0.25, 0.3) is 0 Å². The highest BCUT2D eigenvalue weighted by Gasteiger charge is 2.18. The Bertz CT molecular complexity index is 834. The van der Waals surface area contributed by atoms with Gasteiger partial charge in [0.25, 0.3) is 0 Å². The van der Waals surface area contributed by atoms with Gasteiger partial charge < -0.3 is 5.73 Å². The van der Waals surface area contributed by atoms with E-state index in [1.165, 1.54) is 24.3 Å². The highest BCUT2D eigenvalue weighted by Crippen LogP contribution is 2.25. The van der Waals surface area contributed by atoms with Crippen LogP contribution in [0.5, 0.6) is 0 Å². The number of benzene rings is 1. The monoisotopic (exact) mass is 345 g/mol. The zero-order valence-electron chi connectivity index (χ0n) is 11.3. The quantitative estimate of drug-likeness (QED) is 0.888. The Morgan fingerprint density at radius 2 is 1.62 bits per heavy atom.